The highest BCUT2D eigenvalue weighted by atomic mass is 127. The Morgan fingerprint density at radius 1 is 1.17 bits per heavy atom. The van der Waals surface area contributed by atoms with Gasteiger partial charge in [0.2, 0.25) is 0 Å². The van der Waals surface area contributed by atoms with E-state index in [1.54, 1.807) is 24.3 Å². The maximum absolute atomic E-state index is 4.22. The van der Waals surface area contributed by atoms with Crippen LogP contribution < -0.4 is 16.0 Å². The third-order valence-electron chi connectivity index (χ3n) is 3.31. The molecule has 8 nitrogen and oxygen atoms in total. The van der Waals surface area contributed by atoms with Crippen LogP contribution in [0, 0.1) is 0 Å². The number of anilines is 1. The number of guanidine groups is 1. The van der Waals surface area contributed by atoms with Gasteiger partial charge in [-0.3, -0.25) is 9.67 Å². The van der Waals surface area contributed by atoms with Crippen LogP contribution in [0.5, 0.6) is 0 Å². The van der Waals surface area contributed by atoms with Crippen molar-refractivity contribution < 1.29 is 0 Å². The van der Waals surface area contributed by atoms with E-state index in [1.807, 2.05) is 25.2 Å². The monoisotopic (exact) mass is 444 g/mol. The van der Waals surface area contributed by atoms with Crippen LogP contribution in [0.3, 0.4) is 0 Å². The molecule has 2 aromatic heterocycles. The summed E-state index contributed by atoms with van der Waals surface area (Å²) in [4.78, 5) is 12.6. The lowest BCUT2D eigenvalue weighted by atomic mass is 10.3. The van der Waals surface area contributed by atoms with E-state index < -0.39 is 0 Å². The molecular formula is C15H25IN8. The van der Waals surface area contributed by atoms with Crippen molar-refractivity contribution in [2.24, 2.45) is 12.0 Å². The highest BCUT2D eigenvalue weighted by Crippen LogP contribution is 2.00. The summed E-state index contributed by atoms with van der Waals surface area (Å²) in [6.07, 6.45) is 5.44. The molecule has 2 aromatic rings. The van der Waals surface area contributed by atoms with Gasteiger partial charge in [-0.15, -0.1) is 24.0 Å². The molecule has 2 heterocycles. The predicted molar refractivity (Wildman–Crippen MR) is 107 cm³/mol. The number of rotatable bonds is 8. The first-order valence-electron chi connectivity index (χ1n) is 7.72. The van der Waals surface area contributed by atoms with Crippen molar-refractivity contribution in [3.05, 3.63) is 36.5 Å². The van der Waals surface area contributed by atoms with Gasteiger partial charge < -0.3 is 16.0 Å². The van der Waals surface area contributed by atoms with Crippen molar-refractivity contribution in [2.75, 3.05) is 25.5 Å². The van der Waals surface area contributed by atoms with Crippen LogP contribution in [0.1, 0.15) is 18.7 Å². The summed E-state index contributed by atoms with van der Waals surface area (Å²) in [5.41, 5.74) is 0. The minimum atomic E-state index is 0. The molecule has 132 valence electrons. The van der Waals surface area contributed by atoms with Gasteiger partial charge in [0, 0.05) is 33.4 Å². The normalized spacial score (nSPS) is 10.8. The number of nitrogens with zero attached hydrogens (tertiary/aromatic N) is 5. The Morgan fingerprint density at radius 3 is 2.67 bits per heavy atom. The zero-order valence-electron chi connectivity index (χ0n) is 14.1. The second-order valence-electron chi connectivity index (χ2n) is 5.00. The fourth-order valence-corrected chi connectivity index (χ4v) is 2.00. The van der Waals surface area contributed by atoms with Crippen LogP contribution in [0.4, 0.5) is 5.82 Å². The first kappa shape index (κ1) is 20.1. The lowest BCUT2D eigenvalue weighted by Crippen LogP contribution is -2.37. The quantitative estimate of drug-likeness (QED) is 0.247. The molecule has 24 heavy (non-hydrogen) atoms. The molecule has 0 aliphatic heterocycles. The number of hydrogen-bond acceptors (Lipinski definition) is 5. The third-order valence-corrected chi connectivity index (χ3v) is 3.31. The van der Waals surface area contributed by atoms with Crippen molar-refractivity contribution >= 4 is 35.8 Å². The van der Waals surface area contributed by atoms with Gasteiger partial charge in [0.05, 0.1) is 6.54 Å². The largest absolute Gasteiger partial charge is 0.370 e. The Hall–Kier alpha value is -1.91. The van der Waals surface area contributed by atoms with Gasteiger partial charge in [-0.1, -0.05) is 6.07 Å². The summed E-state index contributed by atoms with van der Waals surface area (Å²) in [6, 6.07) is 5.86. The van der Waals surface area contributed by atoms with Gasteiger partial charge >= 0.3 is 0 Å². The average Bonchev–Trinajstić information content (AvgIpc) is 2.99. The summed E-state index contributed by atoms with van der Waals surface area (Å²) in [6.45, 7) is 2.36. The summed E-state index contributed by atoms with van der Waals surface area (Å²) in [5.74, 6) is 2.56. The van der Waals surface area contributed by atoms with Crippen molar-refractivity contribution in [3.63, 3.8) is 0 Å². The summed E-state index contributed by atoms with van der Waals surface area (Å²) in [5, 5.41) is 13.8. The first-order chi connectivity index (χ1) is 11.3. The van der Waals surface area contributed by atoms with E-state index in [-0.39, 0.29) is 24.0 Å². The van der Waals surface area contributed by atoms with Crippen LogP contribution in [-0.2, 0) is 13.6 Å². The molecule has 0 radical (unpaired) electrons. The van der Waals surface area contributed by atoms with Crippen molar-refractivity contribution in [3.8, 4) is 0 Å². The van der Waals surface area contributed by atoms with Gasteiger partial charge in [-0.25, -0.2) is 9.97 Å². The number of halogens is 1. The molecular weight excluding hydrogens is 419 g/mol. The maximum atomic E-state index is 4.22. The number of aryl methyl sites for hydroxylation is 1. The third kappa shape index (κ3) is 7.11. The molecule has 3 N–H and O–H groups in total. The number of aliphatic imine (C=N–C) groups is 1. The molecule has 0 saturated heterocycles. The number of hydrogen-bond donors (Lipinski definition) is 3. The topological polar surface area (TPSA) is 92.1 Å². The van der Waals surface area contributed by atoms with Crippen LogP contribution in [0.15, 0.2) is 35.7 Å². The molecule has 0 bridgehead atoms. The highest BCUT2D eigenvalue weighted by molar-refractivity contribution is 14.0. The molecule has 9 heteroatoms. The smallest absolute Gasteiger partial charge is 0.191 e. The molecule has 0 aliphatic carbocycles. The maximum Gasteiger partial charge on any atom is 0.191 e. The molecule has 0 aliphatic rings. The van der Waals surface area contributed by atoms with E-state index in [1.165, 1.54) is 0 Å². The zero-order valence-corrected chi connectivity index (χ0v) is 16.4. The first-order valence-corrected chi connectivity index (χ1v) is 7.72. The Labute approximate surface area is 159 Å². The van der Waals surface area contributed by atoms with E-state index in [0.29, 0.717) is 6.54 Å². The number of nitrogens with one attached hydrogen (secondary N) is 3. The van der Waals surface area contributed by atoms with E-state index in [4.69, 9.17) is 0 Å². The van der Waals surface area contributed by atoms with Crippen molar-refractivity contribution in [1.82, 2.24) is 30.4 Å². The van der Waals surface area contributed by atoms with Gasteiger partial charge in [0.1, 0.15) is 18.0 Å². The van der Waals surface area contributed by atoms with Gasteiger partial charge in [0.15, 0.2) is 5.96 Å². The van der Waals surface area contributed by atoms with Crippen molar-refractivity contribution in [1.29, 1.82) is 0 Å². The average molecular weight is 444 g/mol. The van der Waals surface area contributed by atoms with Crippen LogP contribution in [-0.4, -0.2) is 45.8 Å². The zero-order chi connectivity index (χ0) is 16.3. The van der Waals surface area contributed by atoms with E-state index in [9.17, 15) is 0 Å². The molecule has 0 unspecified atom stereocenters. The van der Waals surface area contributed by atoms with Crippen molar-refractivity contribution in [2.45, 2.75) is 19.4 Å². The van der Waals surface area contributed by atoms with E-state index in [0.717, 1.165) is 43.5 Å². The molecule has 0 atom stereocenters. The lowest BCUT2D eigenvalue weighted by Gasteiger charge is -2.11. The highest BCUT2D eigenvalue weighted by Gasteiger charge is 2.02. The Kier molecular flexibility index (Phi) is 9.73. The second-order valence-corrected chi connectivity index (χ2v) is 5.00. The summed E-state index contributed by atoms with van der Waals surface area (Å²) >= 11 is 0. The lowest BCUT2D eigenvalue weighted by molar-refractivity contribution is 0.665. The number of unbranched alkanes of at least 4 members (excludes halogenated alkanes) is 1. The summed E-state index contributed by atoms with van der Waals surface area (Å²) < 4.78 is 1.74. The van der Waals surface area contributed by atoms with Crippen LogP contribution >= 0.6 is 24.0 Å². The molecule has 0 saturated carbocycles. The van der Waals surface area contributed by atoms with Crippen LogP contribution in [0.25, 0.3) is 0 Å². The minimum Gasteiger partial charge on any atom is -0.370 e. The van der Waals surface area contributed by atoms with Gasteiger partial charge in [-0.05, 0) is 25.0 Å². The van der Waals surface area contributed by atoms with Gasteiger partial charge in [0.25, 0.3) is 0 Å². The second kappa shape index (κ2) is 11.6. The van der Waals surface area contributed by atoms with Gasteiger partial charge in [-0.2, -0.15) is 5.10 Å². The fourth-order valence-electron chi connectivity index (χ4n) is 2.00. The molecule has 0 fully saturated rings. The number of aromatic nitrogens is 4. The number of pyridine rings is 1. The Balaban J connectivity index is 0.00000288. The minimum absolute atomic E-state index is 0. The SMILES string of the molecule is CN=C(NCCCCNc1ccccn1)NCc1ncnn1C.I. The standard InChI is InChI=1S/C15H24N8.HI/c1-16-15(20-11-14-21-12-22-23(14)2)19-10-6-5-9-18-13-7-3-4-8-17-13;/h3-4,7-8,12H,5-6,9-11H2,1-2H3,(H,17,18)(H2,16,19,20);1H. The Morgan fingerprint density at radius 2 is 2.00 bits per heavy atom. The molecule has 0 spiro atoms. The molecule has 0 aromatic carbocycles. The van der Waals surface area contributed by atoms with Crippen LogP contribution in [0.2, 0.25) is 0 Å². The van der Waals surface area contributed by atoms with E-state index >= 15 is 0 Å². The summed E-state index contributed by atoms with van der Waals surface area (Å²) in [7, 11) is 3.63. The fraction of sp³-hybridized carbons (Fsp3) is 0.467. The molecule has 0 amide bonds. The predicted octanol–water partition coefficient (Wildman–Crippen LogP) is 1.39. The molecule has 2 rings (SSSR count). The Bertz CT molecular complexity index is 599. The van der Waals surface area contributed by atoms with E-state index in [2.05, 4.69) is 36.0 Å².